The highest BCUT2D eigenvalue weighted by Gasteiger charge is 2.42. The zero-order chi connectivity index (χ0) is 62.1. The number of aliphatic hydroxyl groups is 2. The lowest BCUT2D eigenvalue weighted by atomic mass is 10.0. The third-order valence-corrected chi connectivity index (χ3v) is 13.1. The van der Waals surface area contributed by atoms with Gasteiger partial charge in [-0.05, 0) is 64.7 Å². The topological polar surface area (TPSA) is 586 Å². The molecule has 2 aliphatic rings. The van der Waals surface area contributed by atoms with Crippen molar-refractivity contribution in [2.75, 3.05) is 58.9 Å². The summed E-state index contributed by atoms with van der Waals surface area (Å²) < 4.78 is 0. The standard InChI is InChI=1S/C49H87N23O12/c1-27-40(71-44(83)32(21-36(51)75)69-43(82)33(22-38(77)67-27)70-42(81)31(19-28-24-57-26-66-28)68-41(80)30(50)20-39(78)79)45(84)72-18-8-9-34(72)35(74)23-37(76)58-17-10-29(73)25-65-49(56)64-16-7-6-15-63-48(55)62-14-5-4-13-61-47(54)60-12-3-2-11-59-46(52)53/h24,26-27,29-35,40,73-74H,2-23,25,50H2,1H3,(H2,51,75)(H,57,66)(H,58,76)(H,67,77)(H,68,80)(H,69,82)(H,70,81)(H,71,83)(H,78,79)(H4,52,53,59)(H3,54,60,61)(H3,55,62,63)(H3,56,64,65). The summed E-state index contributed by atoms with van der Waals surface area (Å²) in [7, 11) is 0. The van der Waals surface area contributed by atoms with Crippen LogP contribution in [0.25, 0.3) is 0 Å². The van der Waals surface area contributed by atoms with Gasteiger partial charge < -0.3 is 113 Å². The van der Waals surface area contributed by atoms with Gasteiger partial charge in [-0.25, -0.2) is 4.98 Å². The SMILES string of the molecule is CC1NC(=O)CC(NC(=O)C(Cc2cnc[nH]2)NC(=O)C(N)CC(=O)O)C(=O)NC(CC(N)=O)C(=O)NC1C(=O)N1CCCC1C(O)CC(=O)NCCC(O)CN=C(N)NCCCCNC(N)=NCCCCNC(N)=NCCCCN=C(N)N. The van der Waals surface area contributed by atoms with Crippen molar-refractivity contribution in [3.05, 3.63) is 18.2 Å². The molecule has 0 radical (unpaired) electrons. The van der Waals surface area contributed by atoms with Gasteiger partial charge >= 0.3 is 5.97 Å². The van der Waals surface area contributed by atoms with Gasteiger partial charge in [-0.15, -0.1) is 0 Å². The summed E-state index contributed by atoms with van der Waals surface area (Å²) in [4.78, 5) is 143. The number of rotatable bonds is 34. The number of nitrogens with zero attached hydrogens (tertiary/aromatic N) is 6. The maximum Gasteiger partial charge on any atom is 0.305 e. The normalized spacial score (nSPS) is 20.3. The van der Waals surface area contributed by atoms with E-state index in [9.17, 15) is 53.4 Å². The molecule has 470 valence electrons. The third-order valence-electron chi connectivity index (χ3n) is 13.1. The summed E-state index contributed by atoms with van der Waals surface area (Å²) >= 11 is 0. The number of imidazole rings is 1. The Morgan fingerprint density at radius 2 is 1.37 bits per heavy atom. The molecule has 2 aliphatic heterocycles. The number of hydrogen-bond acceptors (Lipinski definition) is 17. The lowest BCUT2D eigenvalue weighted by Gasteiger charge is -2.34. The van der Waals surface area contributed by atoms with Crippen molar-refractivity contribution < 1.29 is 58.5 Å². The van der Waals surface area contributed by atoms with Gasteiger partial charge in [0.05, 0.1) is 68.9 Å². The number of H-pyrrole nitrogens is 1. The van der Waals surface area contributed by atoms with Crippen LogP contribution in [-0.4, -0.2) is 221 Å². The second-order valence-electron chi connectivity index (χ2n) is 20.2. The summed E-state index contributed by atoms with van der Waals surface area (Å²) in [5.41, 5.74) is 39.9. The highest BCUT2D eigenvalue weighted by Crippen LogP contribution is 2.24. The molecular formula is C49H87N23O12. The van der Waals surface area contributed by atoms with Gasteiger partial charge in [-0.1, -0.05) is 0 Å². The van der Waals surface area contributed by atoms with E-state index in [4.69, 9.17) is 45.2 Å². The smallest absolute Gasteiger partial charge is 0.305 e. The third kappa shape index (κ3) is 27.4. The molecule has 3 rings (SSSR count). The van der Waals surface area contributed by atoms with E-state index < -0.39 is 133 Å². The number of unbranched alkanes of at least 4 members (excludes halogenated alkanes) is 3. The zero-order valence-electron chi connectivity index (χ0n) is 47.4. The van der Waals surface area contributed by atoms with E-state index in [0.717, 1.165) is 38.5 Å². The van der Waals surface area contributed by atoms with Gasteiger partial charge in [0, 0.05) is 70.7 Å². The molecule has 3 heterocycles. The highest BCUT2D eigenvalue weighted by atomic mass is 16.4. The molecule has 35 heteroatoms. The van der Waals surface area contributed by atoms with Crippen LogP contribution in [0.5, 0.6) is 0 Å². The number of hydrogen-bond donors (Lipinski definition) is 20. The van der Waals surface area contributed by atoms with Gasteiger partial charge in [-0.3, -0.25) is 63.1 Å². The minimum atomic E-state index is -1.77. The first-order valence-corrected chi connectivity index (χ1v) is 27.8. The molecule has 9 unspecified atom stereocenters. The summed E-state index contributed by atoms with van der Waals surface area (Å²) in [6.07, 6.45) is 2.66. The summed E-state index contributed by atoms with van der Waals surface area (Å²) in [6.45, 7) is 4.85. The lowest BCUT2D eigenvalue weighted by molar-refractivity contribution is -0.141. The molecule has 35 nitrogen and oxygen atoms in total. The number of aromatic nitrogens is 2. The number of carbonyl (C=O) groups excluding carboxylic acids is 8. The van der Waals surface area contributed by atoms with Gasteiger partial charge in [0.1, 0.15) is 24.2 Å². The molecule has 1 aromatic heterocycles. The quantitative estimate of drug-likeness (QED) is 0.0173. The molecule has 2 fully saturated rings. The number of carbonyl (C=O) groups is 9. The van der Waals surface area contributed by atoms with Crippen LogP contribution in [0.4, 0.5) is 0 Å². The van der Waals surface area contributed by atoms with Crippen LogP contribution >= 0.6 is 0 Å². The molecule has 0 bridgehead atoms. The Labute approximate surface area is 485 Å². The van der Waals surface area contributed by atoms with E-state index >= 15 is 0 Å². The van der Waals surface area contributed by atoms with Crippen LogP contribution in [0.2, 0.25) is 0 Å². The van der Waals surface area contributed by atoms with Gasteiger partial charge in [0.2, 0.25) is 47.3 Å². The largest absolute Gasteiger partial charge is 0.481 e. The Morgan fingerprint density at radius 3 is 1.96 bits per heavy atom. The fourth-order valence-electron chi connectivity index (χ4n) is 8.64. The minimum absolute atomic E-state index is 0.0135. The average molecular weight is 1190 g/mol. The van der Waals surface area contributed by atoms with Gasteiger partial charge in [0.15, 0.2) is 23.8 Å². The van der Waals surface area contributed by atoms with E-state index in [-0.39, 0.29) is 50.8 Å². The van der Waals surface area contributed by atoms with Gasteiger partial charge in [-0.2, -0.15) is 0 Å². The molecule has 9 atom stereocenters. The number of nitrogens with two attached hydrogens (primary N) is 7. The molecule has 2 saturated heterocycles. The number of primary amides is 1. The van der Waals surface area contributed by atoms with E-state index in [1.807, 2.05) is 0 Å². The van der Waals surface area contributed by atoms with E-state index in [1.54, 1.807) is 0 Å². The van der Waals surface area contributed by atoms with Crippen molar-refractivity contribution in [2.24, 2.45) is 60.1 Å². The Kier molecular flexibility index (Phi) is 31.1. The van der Waals surface area contributed by atoms with Crippen LogP contribution in [0.1, 0.15) is 96.1 Å². The molecular weight excluding hydrogens is 1100 g/mol. The predicted octanol–water partition coefficient (Wildman–Crippen LogP) is -8.59. The van der Waals surface area contributed by atoms with Crippen LogP contribution in [0, 0.1) is 0 Å². The first kappa shape index (κ1) is 69.7. The van der Waals surface area contributed by atoms with E-state index in [1.165, 1.54) is 24.3 Å². The number of likely N-dealkylation sites (tertiary alicyclic amines) is 1. The number of guanidine groups is 4. The number of aliphatic hydroxyl groups excluding tert-OH is 2. The summed E-state index contributed by atoms with van der Waals surface area (Å²) in [6, 6.07) is -10.3. The first-order valence-electron chi connectivity index (χ1n) is 27.8. The number of aliphatic carboxylic acids is 1. The lowest BCUT2D eigenvalue weighted by Crippen LogP contribution is -2.62. The molecule has 0 spiro atoms. The number of nitrogens with one attached hydrogen (secondary N) is 10. The average Bonchev–Trinajstić information content (AvgIpc) is 3.75. The second-order valence-corrected chi connectivity index (χ2v) is 20.2. The number of carboxylic acid groups (broad SMARTS) is 1. The number of aliphatic imine (C=N–C) groups is 4. The van der Waals surface area contributed by atoms with Crippen LogP contribution in [-0.2, 0) is 49.6 Å². The molecule has 1 aromatic rings. The van der Waals surface area contributed by atoms with E-state index in [0.29, 0.717) is 63.3 Å². The Hall–Kier alpha value is -8.60. The van der Waals surface area contributed by atoms with Crippen LogP contribution in [0.3, 0.4) is 0 Å². The fourth-order valence-corrected chi connectivity index (χ4v) is 8.64. The zero-order valence-corrected chi connectivity index (χ0v) is 47.4. The number of amides is 8. The minimum Gasteiger partial charge on any atom is -0.481 e. The highest BCUT2D eigenvalue weighted by molar-refractivity contribution is 6.00. The first-order chi connectivity index (χ1) is 39.9. The van der Waals surface area contributed by atoms with Crippen molar-refractivity contribution in [3.63, 3.8) is 0 Å². The van der Waals surface area contributed by atoms with Crippen molar-refractivity contribution in [1.82, 2.24) is 62.7 Å². The Morgan fingerprint density at radius 1 is 0.762 bits per heavy atom. The molecule has 27 N–H and O–H groups in total. The number of aromatic amines is 1. The van der Waals surface area contributed by atoms with Crippen LogP contribution < -0.4 is 88.0 Å². The van der Waals surface area contributed by atoms with Crippen molar-refractivity contribution in [1.29, 1.82) is 0 Å². The second kappa shape index (κ2) is 37.5. The molecule has 0 saturated carbocycles. The number of carboxylic acids is 1. The van der Waals surface area contributed by atoms with Crippen LogP contribution in [0.15, 0.2) is 32.5 Å². The Bertz CT molecular complexity index is 2440. The molecule has 0 aromatic carbocycles. The maximum absolute atomic E-state index is 14.4. The summed E-state index contributed by atoms with van der Waals surface area (Å²) in [5.74, 6) is -8.06. The van der Waals surface area contributed by atoms with Gasteiger partial charge in [0.25, 0.3) is 0 Å². The van der Waals surface area contributed by atoms with Crippen molar-refractivity contribution in [3.8, 4) is 0 Å². The molecule has 8 amide bonds. The fraction of sp³-hybridized carbons (Fsp3) is 0.673. The van der Waals surface area contributed by atoms with E-state index in [2.05, 4.69) is 77.8 Å². The van der Waals surface area contributed by atoms with Crippen molar-refractivity contribution in [2.45, 2.75) is 151 Å². The molecule has 84 heavy (non-hydrogen) atoms. The van der Waals surface area contributed by atoms with Crippen molar-refractivity contribution >= 4 is 77.1 Å². The Balaban J connectivity index is 1.46. The summed E-state index contributed by atoms with van der Waals surface area (Å²) in [5, 5.41) is 54.7. The predicted molar refractivity (Wildman–Crippen MR) is 307 cm³/mol. The maximum atomic E-state index is 14.4. The monoisotopic (exact) mass is 1190 g/mol. The molecule has 0 aliphatic carbocycles.